The minimum Gasteiger partial charge on any atom is -0.206 e. The van der Waals surface area contributed by atoms with Crippen molar-refractivity contribution in [2.75, 3.05) is 19.0 Å². The van der Waals surface area contributed by atoms with Gasteiger partial charge in [-0.15, -0.1) is 22.9 Å². The molecule has 0 aromatic carbocycles. The summed E-state index contributed by atoms with van der Waals surface area (Å²) >= 11 is 6.19. The van der Waals surface area contributed by atoms with Crippen LogP contribution in [0, 0.1) is 0 Å². The van der Waals surface area contributed by atoms with Gasteiger partial charge >= 0.3 is 6.18 Å². The molecule has 0 bridgehead atoms. The molecule has 0 unspecified atom stereocenters. The Labute approximate surface area is 106 Å². The van der Waals surface area contributed by atoms with E-state index in [4.69, 9.17) is 11.6 Å². The molecule has 0 N–H and O–H groups in total. The topological polar surface area (TPSA) is 37.4 Å². The first-order valence-electron chi connectivity index (χ1n) is 4.44. The number of halogens is 4. The van der Waals surface area contributed by atoms with Gasteiger partial charge in [-0.05, 0) is 11.4 Å². The molecule has 17 heavy (non-hydrogen) atoms. The number of rotatable bonds is 5. The quantitative estimate of drug-likeness (QED) is 0.784. The van der Waals surface area contributed by atoms with Crippen LogP contribution < -0.4 is 0 Å². The fourth-order valence-corrected chi connectivity index (χ4v) is 3.99. The average Bonchev–Trinajstić information content (AvgIpc) is 2.68. The Morgan fingerprint density at radius 1 is 1.41 bits per heavy atom. The normalized spacial score (nSPS) is 13.2. The molecule has 0 aliphatic heterocycles. The molecule has 1 heterocycles. The Morgan fingerprint density at radius 2 is 2.06 bits per heavy atom. The third-order valence-corrected chi connectivity index (χ3v) is 5.17. The van der Waals surface area contributed by atoms with Crippen LogP contribution in [-0.2, 0) is 10.0 Å². The maximum atomic E-state index is 12.3. The highest BCUT2D eigenvalue weighted by Crippen LogP contribution is 2.25. The van der Waals surface area contributed by atoms with Crippen molar-refractivity contribution >= 4 is 33.0 Å². The Hall–Kier alpha value is -0.310. The number of alkyl halides is 4. The summed E-state index contributed by atoms with van der Waals surface area (Å²) in [5, 5.41) is 1.49. The standard InChI is InChI=1S/C8H9ClF3NO2S2/c9-3-4-13(6-8(10,11)12)17(14,15)7-2-1-5-16-7/h1-2,5H,3-4,6H2. The van der Waals surface area contributed by atoms with Crippen molar-refractivity contribution in [2.45, 2.75) is 10.4 Å². The summed E-state index contributed by atoms with van der Waals surface area (Å²) in [5.41, 5.74) is 0. The Bertz CT molecular complexity index is 444. The third-order valence-electron chi connectivity index (χ3n) is 1.78. The second kappa shape index (κ2) is 5.55. The Kier molecular flexibility index (Phi) is 4.82. The first-order chi connectivity index (χ1) is 7.77. The van der Waals surface area contributed by atoms with Gasteiger partial charge in [-0.1, -0.05) is 6.07 Å². The van der Waals surface area contributed by atoms with Gasteiger partial charge in [0.15, 0.2) is 0 Å². The first-order valence-corrected chi connectivity index (χ1v) is 7.29. The van der Waals surface area contributed by atoms with E-state index in [0.717, 1.165) is 11.3 Å². The molecule has 98 valence electrons. The van der Waals surface area contributed by atoms with Gasteiger partial charge in [-0.3, -0.25) is 0 Å². The molecule has 3 nitrogen and oxygen atoms in total. The number of nitrogens with zero attached hydrogens (tertiary/aromatic N) is 1. The number of hydrogen-bond acceptors (Lipinski definition) is 3. The van der Waals surface area contributed by atoms with E-state index in [1.54, 1.807) is 0 Å². The van der Waals surface area contributed by atoms with Crippen LogP contribution in [0.3, 0.4) is 0 Å². The van der Waals surface area contributed by atoms with Crippen molar-refractivity contribution < 1.29 is 21.6 Å². The summed E-state index contributed by atoms with van der Waals surface area (Å²) in [5.74, 6) is -0.194. The molecule has 0 saturated carbocycles. The van der Waals surface area contributed by atoms with Crippen LogP contribution in [0.5, 0.6) is 0 Å². The largest absolute Gasteiger partial charge is 0.402 e. The second-order valence-electron chi connectivity index (χ2n) is 3.07. The van der Waals surface area contributed by atoms with E-state index in [1.165, 1.54) is 17.5 Å². The zero-order valence-electron chi connectivity index (χ0n) is 8.45. The Morgan fingerprint density at radius 3 is 2.47 bits per heavy atom. The average molecular weight is 308 g/mol. The monoisotopic (exact) mass is 307 g/mol. The van der Waals surface area contributed by atoms with Gasteiger partial charge in [-0.25, -0.2) is 8.42 Å². The molecule has 1 aromatic heterocycles. The van der Waals surface area contributed by atoms with E-state index in [0.29, 0.717) is 4.31 Å². The van der Waals surface area contributed by atoms with Crippen LogP contribution >= 0.6 is 22.9 Å². The van der Waals surface area contributed by atoms with Gasteiger partial charge in [0, 0.05) is 12.4 Å². The van der Waals surface area contributed by atoms with E-state index >= 15 is 0 Å². The van der Waals surface area contributed by atoms with E-state index in [9.17, 15) is 21.6 Å². The van der Waals surface area contributed by atoms with Crippen LogP contribution in [0.1, 0.15) is 0 Å². The molecule has 0 saturated heterocycles. The Balaban J connectivity index is 2.99. The molecular formula is C8H9ClF3NO2S2. The second-order valence-corrected chi connectivity index (χ2v) is 6.57. The highest BCUT2D eigenvalue weighted by molar-refractivity contribution is 7.91. The SMILES string of the molecule is O=S(=O)(c1cccs1)N(CCCl)CC(F)(F)F. The maximum Gasteiger partial charge on any atom is 0.402 e. The van der Waals surface area contributed by atoms with Crippen molar-refractivity contribution in [3.8, 4) is 0 Å². The number of thiophene rings is 1. The summed E-state index contributed by atoms with van der Waals surface area (Å²) < 4.78 is 60.7. The molecule has 0 radical (unpaired) electrons. The zero-order valence-corrected chi connectivity index (χ0v) is 10.8. The fraction of sp³-hybridized carbons (Fsp3) is 0.500. The highest BCUT2D eigenvalue weighted by Gasteiger charge is 2.37. The molecular weight excluding hydrogens is 299 g/mol. The molecule has 0 spiro atoms. The van der Waals surface area contributed by atoms with Gasteiger partial charge < -0.3 is 0 Å². The lowest BCUT2D eigenvalue weighted by molar-refractivity contribution is -0.135. The predicted octanol–water partition coefficient (Wildman–Crippen LogP) is 2.54. The molecule has 1 aromatic rings. The molecule has 0 aliphatic carbocycles. The fourth-order valence-electron chi connectivity index (χ4n) is 1.12. The van der Waals surface area contributed by atoms with Crippen molar-refractivity contribution in [1.82, 2.24) is 4.31 Å². The maximum absolute atomic E-state index is 12.3. The van der Waals surface area contributed by atoms with Gasteiger partial charge in [0.25, 0.3) is 10.0 Å². The summed E-state index contributed by atoms with van der Waals surface area (Å²) in [6.45, 7) is -1.90. The number of hydrogen-bond donors (Lipinski definition) is 0. The summed E-state index contributed by atoms with van der Waals surface area (Å²) in [4.78, 5) is 0. The summed E-state index contributed by atoms with van der Waals surface area (Å²) in [6, 6.07) is 2.72. The van der Waals surface area contributed by atoms with Crippen molar-refractivity contribution in [3.05, 3.63) is 17.5 Å². The molecule has 9 heteroatoms. The lowest BCUT2D eigenvalue weighted by Gasteiger charge is -2.21. The lowest BCUT2D eigenvalue weighted by Crippen LogP contribution is -2.39. The minimum absolute atomic E-state index is 0.119. The van der Waals surface area contributed by atoms with E-state index < -0.39 is 22.7 Å². The van der Waals surface area contributed by atoms with Gasteiger partial charge in [0.2, 0.25) is 0 Å². The molecule has 0 atom stereocenters. The van der Waals surface area contributed by atoms with E-state index in [1.807, 2.05) is 0 Å². The van der Waals surface area contributed by atoms with Gasteiger partial charge in [0.05, 0.1) is 0 Å². The third kappa shape index (κ3) is 4.13. The zero-order chi connectivity index (χ0) is 13.1. The smallest absolute Gasteiger partial charge is 0.206 e. The van der Waals surface area contributed by atoms with Crippen molar-refractivity contribution in [1.29, 1.82) is 0 Å². The van der Waals surface area contributed by atoms with Crippen molar-refractivity contribution in [3.63, 3.8) is 0 Å². The molecule has 0 aliphatic rings. The van der Waals surface area contributed by atoms with Crippen LogP contribution in [0.2, 0.25) is 0 Å². The number of sulfonamides is 1. The molecule has 0 amide bonds. The molecule has 0 fully saturated rings. The highest BCUT2D eigenvalue weighted by atomic mass is 35.5. The first kappa shape index (κ1) is 14.7. The van der Waals surface area contributed by atoms with Gasteiger partial charge in [-0.2, -0.15) is 17.5 Å². The predicted molar refractivity (Wildman–Crippen MR) is 59.9 cm³/mol. The van der Waals surface area contributed by atoms with E-state index in [2.05, 4.69) is 0 Å². The van der Waals surface area contributed by atoms with Crippen LogP contribution in [0.15, 0.2) is 21.7 Å². The van der Waals surface area contributed by atoms with Crippen LogP contribution in [0.25, 0.3) is 0 Å². The molecule has 1 rings (SSSR count). The summed E-state index contributed by atoms with van der Waals surface area (Å²) in [7, 11) is -4.11. The minimum atomic E-state index is -4.59. The van der Waals surface area contributed by atoms with Crippen LogP contribution in [0.4, 0.5) is 13.2 Å². The van der Waals surface area contributed by atoms with Gasteiger partial charge in [0.1, 0.15) is 10.8 Å². The van der Waals surface area contributed by atoms with E-state index in [-0.39, 0.29) is 16.6 Å². The summed E-state index contributed by atoms with van der Waals surface area (Å²) in [6.07, 6.45) is -4.59. The van der Waals surface area contributed by atoms with Crippen molar-refractivity contribution in [2.24, 2.45) is 0 Å². The van der Waals surface area contributed by atoms with Crippen LogP contribution in [-0.4, -0.2) is 37.9 Å². The lowest BCUT2D eigenvalue weighted by atomic mass is 10.6.